The summed E-state index contributed by atoms with van der Waals surface area (Å²) in [7, 11) is -4.71. The first-order valence-corrected chi connectivity index (χ1v) is 12.4. The van der Waals surface area contributed by atoms with Gasteiger partial charge in [-0.1, -0.05) is 127 Å². The molecule has 0 spiro atoms. The Balaban J connectivity index is 0.00000361. The highest BCUT2D eigenvalue weighted by Gasteiger charge is 2.15. The normalized spacial score (nSPS) is 11.7. The zero-order valence-corrected chi connectivity index (χ0v) is 20.4. The molecular weight excluding hydrogens is 470 g/mol. The molecule has 5 nitrogen and oxygen atoms in total. The highest BCUT2D eigenvalue weighted by Crippen LogP contribution is 2.32. The fraction of sp³-hybridized carbons (Fsp3) is 0. The van der Waals surface area contributed by atoms with E-state index in [4.69, 9.17) is 4.18 Å². The lowest BCUT2D eigenvalue weighted by molar-refractivity contribution is 0.386. The van der Waals surface area contributed by atoms with Crippen molar-refractivity contribution in [3.8, 4) is 5.75 Å². The third-order valence-corrected chi connectivity index (χ3v) is 5.61. The van der Waals surface area contributed by atoms with Gasteiger partial charge in [-0.2, -0.15) is 8.42 Å². The molecule has 0 fully saturated rings. The second-order valence-electron chi connectivity index (χ2n) is 7.72. The van der Waals surface area contributed by atoms with Gasteiger partial charge in [0.1, 0.15) is 0 Å². The quantitative estimate of drug-likeness (QED) is 0.193. The van der Waals surface area contributed by atoms with Crippen LogP contribution in [0.5, 0.6) is 5.75 Å². The number of hydrogen-bond donors (Lipinski definition) is 2. The smallest absolute Gasteiger partial charge is 0.361 e. The highest BCUT2D eigenvalue weighted by molar-refractivity contribution is 7.81. The molecule has 4 N–H and O–H groups in total. The van der Waals surface area contributed by atoms with E-state index in [0.717, 1.165) is 27.8 Å². The van der Waals surface area contributed by atoms with Gasteiger partial charge in [0.2, 0.25) is 0 Å². The highest BCUT2D eigenvalue weighted by atomic mass is 32.3. The van der Waals surface area contributed by atoms with Gasteiger partial charge in [-0.15, -0.1) is 0 Å². The minimum Gasteiger partial charge on any atom is -0.361 e. The minimum absolute atomic E-state index is 0. The van der Waals surface area contributed by atoms with Crippen LogP contribution in [0.2, 0.25) is 0 Å². The summed E-state index contributed by atoms with van der Waals surface area (Å²) in [5, 5.41) is 0. The van der Waals surface area contributed by atoms with Gasteiger partial charge >= 0.3 is 10.4 Å². The Morgan fingerprint density at radius 2 is 0.944 bits per heavy atom. The van der Waals surface area contributed by atoms with Crippen LogP contribution in [0.4, 0.5) is 0 Å². The first-order chi connectivity index (χ1) is 17.0. The van der Waals surface area contributed by atoms with Gasteiger partial charge in [0.05, 0.1) is 0 Å². The standard InChI is InChI=1S/C30H24O4S.H3N/c31-35(32,33)34-30-23-20-27(19-16-24-10-4-1-5-11-24)28(21-17-25-12-6-2-7-13-25)29(30)22-18-26-14-8-3-9-15-26;/h1-23H,(H,31,32,33);1H3. The van der Waals surface area contributed by atoms with E-state index < -0.39 is 10.4 Å². The average molecular weight is 498 g/mol. The molecule has 4 rings (SSSR count). The Morgan fingerprint density at radius 3 is 1.39 bits per heavy atom. The van der Waals surface area contributed by atoms with Gasteiger partial charge in [-0.05, 0) is 40.0 Å². The molecule has 36 heavy (non-hydrogen) atoms. The van der Waals surface area contributed by atoms with Crippen molar-refractivity contribution < 1.29 is 17.2 Å². The Labute approximate surface area is 212 Å². The van der Waals surface area contributed by atoms with Crippen molar-refractivity contribution in [3.63, 3.8) is 0 Å². The number of benzene rings is 4. The Bertz CT molecular complexity index is 1460. The first-order valence-electron chi connectivity index (χ1n) is 11.0. The van der Waals surface area contributed by atoms with Crippen LogP contribution in [-0.2, 0) is 10.4 Å². The maximum absolute atomic E-state index is 11.6. The Kier molecular flexibility index (Phi) is 9.13. The van der Waals surface area contributed by atoms with Crippen molar-refractivity contribution in [2.75, 3.05) is 0 Å². The number of rotatable bonds is 8. The molecule has 0 heterocycles. The summed E-state index contributed by atoms with van der Waals surface area (Å²) in [6.45, 7) is 0. The van der Waals surface area contributed by atoms with Crippen LogP contribution in [0.1, 0.15) is 33.4 Å². The maximum Gasteiger partial charge on any atom is 0.446 e. The zero-order valence-electron chi connectivity index (χ0n) is 19.6. The van der Waals surface area contributed by atoms with E-state index >= 15 is 0 Å². The summed E-state index contributed by atoms with van der Waals surface area (Å²) in [5.74, 6) is 0.0317. The molecule has 0 unspecified atom stereocenters. The van der Waals surface area contributed by atoms with Crippen LogP contribution >= 0.6 is 0 Å². The molecule has 0 aromatic heterocycles. The van der Waals surface area contributed by atoms with Gasteiger partial charge < -0.3 is 10.3 Å². The molecule has 0 saturated heterocycles. The van der Waals surface area contributed by atoms with Gasteiger partial charge in [0.25, 0.3) is 0 Å². The molecule has 4 aromatic carbocycles. The summed E-state index contributed by atoms with van der Waals surface area (Å²) in [4.78, 5) is 0. The van der Waals surface area contributed by atoms with Crippen LogP contribution < -0.4 is 10.3 Å². The SMILES string of the molecule is N.O=S(=O)(O)Oc1ccc(C=Cc2ccccc2)c(C=Cc2ccccc2)c1C=Cc1ccccc1. The van der Waals surface area contributed by atoms with Crippen molar-refractivity contribution in [2.24, 2.45) is 0 Å². The molecule has 0 aliphatic rings. The van der Waals surface area contributed by atoms with E-state index in [0.29, 0.717) is 5.56 Å². The average Bonchev–Trinajstić information content (AvgIpc) is 2.87. The van der Waals surface area contributed by atoms with Gasteiger partial charge in [0, 0.05) is 5.56 Å². The maximum atomic E-state index is 11.6. The molecule has 182 valence electrons. The molecule has 0 aliphatic heterocycles. The molecular formula is C30H27NO4S. The van der Waals surface area contributed by atoms with Crippen molar-refractivity contribution in [1.82, 2.24) is 6.15 Å². The van der Waals surface area contributed by atoms with E-state index in [1.54, 1.807) is 18.2 Å². The third-order valence-electron chi connectivity index (χ3n) is 5.21. The summed E-state index contributed by atoms with van der Waals surface area (Å²) in [6.07, 6.45) is 11.5. The fourth-order valence-electron chi connectivity index (χ4n) is 3.56. The second-order valence-corrected chi connectivity index (χ2v) is 8.75. The topological polar surface area (TPSA) is 98.6 Å². The second kappa shape index (κ2) is 12.5. The lowest BCUT2D eigenvalue weighted by Crippen LogP contribution is -2.08. The van der Waals surface area contributed by atoms with Gasteiger partial charge in [-0.25, -0.2) is 0 Å². The van der Waals surface area contributed by atoms with Crippen LogP contribution in [0.15, 0.2) is 103 Å². The molecule has 0 amide bonds. The molecule has 0 aliphatic carbocycles. The van der Waals surface area contributed by atoms with Crippen LogP contribution in [-0.4, -0.2) is 13.0 Å². The summed E-state index contributed by atoms with van der Waals surface area (Å²) in [5.41, 5.74) is 5.09. The summed E-state index contributed by atoms with van der Waals surface area (Å²) >= 11 is 0. The molecule has 0 radical (unpaired) electrons. The van der Waals surface area contributed by atoms with Crippen LogP contribution in [0, 0.1) is 0 Å². The Morgan fingerprint density at radius 1 is 0.528 bits per heavy atom. The summed E-state index contributed by atoms with van der Waals surface area (Å²) in [6, 6.07) is 32.7. The van der Waals surface area contributed by atoms with E-state index in [1.165, 1.54) is 0 Å². The van der Waals surface area contributed by atoms with Crippen LogP contribution in [0.25, 0.3) is 36.5 Å². The van der Waals surface area contributed by atoms with Crippen molar-refractivity contribution in [2.45, 2.75) is 0 Å². The monoisotopic (exact) mass is 497 g/mol. The molecule has 0 bridgehead atoms. The minimum atomic E-state index is -4.71. The van der Waals surface area contributed by atoms with Crippen molar-refractivity contribution in [1.29, 1.82) is 0 Å². The third kappa shape index (κ3) is 7.65. The van der Waals surface area contributed by atoms with E-state index in [9.17, 15) is 13.0 Å². The lowest BCUT2D eigenvalue weighted by atomic mass is 9.96. The van der Waals surface area contributed by atoms with Crippen molar-refractivity contribution >= 4 is 46.9 Å². The van der Waals surface area contributed by atoms with E-state index in [1.807, 2.05) is 121 Å². The number of hydrogen-bond acceptors (Lipinski definition) is 4. The molecule has 0 atom stereocenters. The largest absolute Gasteiger partial charge is 0.446 e. The summed E-state index contributed by atoms with van der Waals surface area (Å²) < 4.78 is 37.5. The first kappa shape index (κ1) is 26.4. The van der Waals surface area contributed by atoms with E-state index in [-0.39, 0.29) is 11.9 Å². The molecule has 6 heteroatoms. The predicted octanol–water partition coefficient (Wildman–Crippen LogP) is 7.54. The van der Waals surface area contributed by atoms with Crippen LogP contribution in [0.3, 0.4) is 0 Å². The van der Waals surface area contributed by atoms with Gasteiger partial charge in [0.15, 0.2) is 5.75 Å². The van der Waals surface area contributed by atoms with Crippen molar-refractivity contribution in [3.05, 3.63) is 137 Å². The lowest BCUT2D eigenvalue weighted by Gasteiger charge is -2.12. The van der Waals surface area contributed by atoms with E-state index in [2.05, 4.69) is 0 Å². The molecule has 0 saturated carbocycles. The Hall–Kier alpha value is -4.23. The zero-order chi connectivity index (χ0) is 24.5. The fourth-order valence-corrected chi connectivity index (χ4v) is 3.93. The van der Waals surface area contributed by atoms with Gasteiger partial charge in [-0.3, -0.25) is 4.55 Å². The molecule has 4 aromatic rings. The predicted molar refractivity (Wildman–Crippen MR) is 150 cm³/mol.